The molecule has 5 N–H and O–H groups in total. The summed E-state index contributed by atoms with van der Waals surface area (Å²) in [5.41, 5.74) is 7.79. The van der Waals surface area contributed by atoms with Crippen LogP contribution in [0.25, 0.3) is 10.9 Å². The molecule has 98 valence electrons. The van der Waals surface area contributed by atoms with Gasteiger partial charge in [0.15, 0.2) is 0 Å². The fraction of sp³-hybridized carbons (Fsp3) is 0.100. The average Bonchev–Trinajstić information content (AvgIpc) is 2.54. The lowest BCUT2D eigenvalue weighted by molar-refractivity contribution is 0.100. The molecule has 1 amide bonds. The van der Waals surface area contributed by atoms with Gasteiger partial charge in [-0.3, -0.25) is 13.9 Å². The van der Waals surface area contributed by atoms with Gasteiger partial charge >= 0.3 is 10.4 Å². The summed E-state index contributed by atoms with van der Waals surface area (Å²) in [6, 6.07) is 7.40. The molecule has 1 aromatic heterocycles. The van der Waals surface area contributed by atoms with Crippen molar-refractivity contribution in [3.8, 4) is 0 Å². The number of hydrogen-bond donors (Lipinski definition) is 4. The van der Waals surface area contributed by atoms with Crippen LogP contribution in [0.1, 0.15) is 16.1 Å². The molecule has 0 bridgehead atoms. The molecule has 0 aliphatic heterocycles. The number of aromatic nitrogens is 1. The van der Waals surface area contributed by atoms with Crippen LogP contribution in [-0.2, 0) is 10.4 Å². The number of primary amides is 1. The second-order valence-corrected chi connectivity index (χ2v) is 4.43. The van der Waals surface area contributed by atoms with E-state index in [1.165, 1.54) is 0 Å². The van der Waals surface area contributed by atoms with Gasteiger partial charge in [-0.25, -0.2) is 0 Å². The number of rotatable bonds is 1. The highest BCUT2D eigenvalue weighted by Crippen LogP contribution is 2.18. The first-order chi connectivity index (χ1) is 8.18. The average molecular weight is 272 g/mol. The van der Waals surface area contributed by atoms with E-state index in [0.717, 1.165) is 16.6 Å². The van der Waals surface area contributed by atoms with Crippen LogP contribution in [0.15, 0.2) is 24.3 Å². The third-order valence-corrected chi connectivity index (χ3v) is 2.06. The van der Waals surface area contributed by atoms with E-state index in [2.05, 4.69) is 4.98 Å². The molecule has 2 aromatic rings. The molecule has 0 aliphatic rings. The molecule has 0 unspecified atom stereocenters. The number of benzene rings is 1. The van der Waals surface area contributed by atoms with Crippen molar-refractivity contribution in [2.24, 2.45) is 5.73 Å². The Bertz CT molecular complexity index is 667. The quantitative estimate of drug-likeness (QED) is 0.573. The zero-order chi connectivity index (χ0) is 13.9. The first-order valence-corrected chi connectivity index (χ1v) is 6.16. The highest BCUT2D eigenvalue weighted by molar-refractivity contribution is 7.79. The summed E-state index contributed by atoms with van der Waals surface area (Å²) < 4.78 is 31.6. The SMILES string of the molecule is Cc1cc2c(C(N)=O)cccc2[nH]1.O=S(=O)(O)O. The van der Waals surface area contributed by atoms with Gasteiger partial charge < -0.3 is 10.7 Å². The molecule has 0 saturated heterocycles. The number of aryl methyl sites for hydroxylation is 1. The molecule has 2 rings (SSSR count). The largest absolute Gasteiger partial charge is 0.394 e. The van der Waals surface area contributed by atoms with Crippen molar-refractivity contribution >= 4 is 27.2 Å². The molecule has 0 atom stereocenters. The third-order valence-electron chi connectivity index (χ3n) is 2.06. The van der Waals surface area contributed by atoms with Crippen LogP contribution in [0.5, 0.6) is 0 Å². The number of hydrogen-bond acceptors (Lipinski definition) is 3. The summed E-state index contributed by atoms with van der Waals surface area (Å²) in [6.07, 6.45) is 0. The van der Waals surface area contributed by atoms with Crippen molar-refractivity contribution in [3.05, 3.63) is 35.5 Å². The maximum absolute atomic E-state index is 11.0. The second-order valence-electron chi connectivity index (χ2n) is 3.53. The van der Waals surface area contributed by atoms with Crippen LogP contribution < -0.4 is 5.73 Å². The number of aromatic amines is 1. The monoisotopic (exact) mass is 272 g/mol. The van der Waals surface area contributed by atoms with E-state index in [4.69, 9.17) is 23.3 Å². The van der Waals surface area contributed by atoms with Gasteiger partial charge in [-0.2, -0.15) is 8.42 Å². The number of H-pyrrole nitrogens is 1. The van der Waals surface area contributed by atoms with Crippen LogP contribution in [0.3, 0.4) is 0 Å². The lowest BCUT2D eigenvalue weighted by atomic mass is 10.1. The fourth-order valence-electron chi connectivity index (χ4n) is 1.51. The summed E-state index contributed by atoms with van der Waals surface area (Å²) in [7, 11) is -4.67. The Balaban J connectivity index is 0.000000280. The molecule has 0 aliphatic carbocycles. The second kappa shape index (κ2) is 5.17. The minimum absolute atomic E-state index is 0.385. The predicted molar refractivity (Wildman–Crippen MR) is 65.7 cm³/mol. The van der Waals surface area contributed by atoms with Crippen molar-refractivity contribution in [1.82, 2.24) is 4.98 Å². The number of carbonyl (C=O) groups excluding carboxylic acids is 1. The number of nitrogens with one attached hydrogen (secondary N) is 1. The molecule has 1 aromatic carbocycles. The lowest BCUT2D eigenvalue weighted by Crippen LogP contribution is -2.10. The van der Waals surface area contributed by atoms with Gasteiger partial charge in [-0.15, -0.1) is 0 Å². The summed E-state index contributed by atoms with van der Waals surface area (Å²) in [5.74, 6) is -0.385. The zero-order valence-corrected chi connectivity index (χ0v) is 10.2. The number of nitrogens with two attached hydrogens (primary N) is 1. The first kappa shape index (κ1) is 14.2. The van der Waals surface area contributed by atoms with Crippen LogP contribution >= 0.6 is 0 Å². The first-order valence-electron chi connectivity index (χ1n) is 4.76. The van der Waals surface area contributed by atoms with E-state index < -0.39 is 10.4 Å². The lowest BCUT2D eigenvalue weighted by Gasteiger charge is -1.95. The topological polar surface area (TPSA) is 133 Å². The third kappa shape index (κ3) is 4.17. The Morgan fingerprint density at radius 1 is 1.33 bits per heavy atom. The molecule has 0 radical (unpaired) electrons. The van der Waals surface area contributed by atoms with Gasteiger partial charge in [0.2, 0.25) is 5.91 Å². The molecule has 18 heavy (non-hydrogen) atoms. The van der Waals surface area contributed by atoms with Crippen molar-refractivity contribution in [1.29, 1.82) is 0 Å². The van der Waals surface area contributed by atoms with E-state index in [1.54, 1.807) is 6.07 Å². The summed E-state index contributed by atoms with van der Waals surface area (Å²) in [6.45, 7) is 1.95. The Kier molecular flexibility index (Phi) is 4.07. The van der Waals surface area contributed by atoms with Gasteiger partial charge in [0.25, 0.3) is 0 Å². The highest BCUT2D eigenvalue weighted by atomic mass is 32.3. The smallest absolute Gasteiger partial charge is 0.366 e. The molecule has 0 fully saturated rings. The number of amides is 1. The Labute approximate surface area is 103 Å². The molecule has 7 nitrogen and oxygen atoms in total. The van der Waals surface area contributed by atoms with Crippen molar-refractivity contribution in [2.45, 2.75) is 6.92 Å². The summed E-state index contributed by atoms with van der Waals surface area (Å²) in [4.78, 5) is 14.2. The van der Waals surface area contributed by atoms with Crippen molar-refractivity contribution in [3.63, 3.8) is 0 Å². The summed E-state index contributed by atoms with van der Waals surface area (Å²) >= 11 is 0. The fourth-order valence-corrected chi connectivity index (χ4v) is 1.51. The van der Waals surface area contributed by atoms with E-state index in [0.29, 0.717) is 5.56 Å². The van der Waals surface area contributed by atoms with Crippen LogP contribution in [-0.4, -0.2) is 28.4 Å². The Hall–Kier alpha value is -1.90. The Morgan fingerprint density at radius 3 is 2.39 bits per heavy atom. The van der Waals surface area contributed by atoms with Gasteiger partial charge in [0, 0.05) is 22.2 Å². The normalized spacial score (nSPS) is 10.8. The van der Waals surface area contributed by atoms with Crippen LogP contribution in [0.2, 0.25) is 0 Å². The highest BCUT2D eigenvalue weighted by Gasteiger charge is 2.06. The van der Waals surface area contributed by atoms with Crippen LogP contribution in [0, 0.1) is 6.92 Å². The van der Waals surface area contributed by atoms with E-state index in [1.807, 2.05) is 25.1 Å². The minimum atomic E-state index is -4.67. The molecule has 0 spiro atoms. The van der Waals surface area contributed by atoms with Gasteiger partial charge in [-0.1, -0.05) is 6.07 Å². The van der Waals surface area contributed by atoms with Gasteiger partial charge in [0.05, 0.1) is 0 Å². The maximum atomic E-state index is 11.0. The minimum Gasteiger partial charge on any atom is -0.366 e. The van der Waals surface area contributed by atoms with E-state index in [9.17, 15) is 4.79 Å². The predicted octanol–water partition coefficient (Wildman–Crippen LogP) is 0.922. The molecule has 8 heteroatoms. The summed E-state index contributed by atoms with van der Waals surface area (Å²) in [5, 5.41) is 0.896. The van der Waals surface area contributed by atoms with Crippen molar-refractivity contribution < 1.29 is 22.3 Å². The maximum Gasteiger partial charge on any atom is 0.394 e. The molecule has 0 saturated carbocycles. The van der Waals surface area contributed by atoms with E-state index in [-0.39, 0.29) is 5.91 Å². The van der Waals surface area contributed by atoms with E-state index >= 15 is 0 Å². The Morgan fingerprint density at radius 2 is 1.89 bits per heavy atom. The standard InChI is InChI=1S/C10H10N2O.H2O4S/c1-6-5-8-7(10(11)13)3-2-4-9(8)12-6;1-5(2,3)4/h2-5,12H,1H3,(H2,11,13);(H2,1,2,3,4). The molecular weight excluding hydrogens is 260 g/mol. The molecule has 1 heterocycles. The van der Waals surface area contributed by atoms with Gasteiger partial charge in [0.1, 0.15) is 0 Å². The number of fused-ring (bicyclic) bond motifs is 1. The van der Waals surface area contributed by atoms with Crippen LogP contribution in [0.4, 0.5) is 0 Å². The number of carbonyl (C=O) groups is 1. The van der Waals surface area contributed by atoms with Crippen molar-refractivity contribution in [2.75, 3.05) is 0 Å². The zero-order valence-electron chi connectivity index (χ0n) is 9.41. The van der Waals surface area contributed by atoms with Gasteiger partial charge in [-0.05, 0) is 25.1 Å². The molecular formula is C10H12N2O5S.